The van der Waals surface area contributed by atoms with E-state index in [9.17, 15) is 14.3 Å². The number of hydrogen-bond donors (Lipinski definition) is 1. The molecule has 4 aromatic heterocycles. The van der Waals surface area contributed by atoms with Gasteiger partial charge in [-0.3, -0.25) is 9.48 Å². The lowest BCUT2D eigenvalue weighted by molar-refractivity contribution is -0.129. The summed E-state index contributed by atoms with van der Waals surface area (Å²) < 4.78 is 40.6. The number of aliphatic hydroxyl groups is 1. The van der Waals surface area contributed by atoms with Gasteiger partial charge >= 0.3 is 0 Å². The third-order valence-corrected chi connectivity index (χ3v) is 9.12. The summed E-state index contributed by atoms with van der Waals surface area (Å²) in [6.07, 6.45) is 3.05. The van der Waals surface area contributed by atoms with Crippen molar-refractivity contribution in [2.24, 2.45) is 7.05 Å². The van der Waals surface area contributed by atoms with Crippen molar-refractivity contribution < 1.29 is 23.4 Å². The van der Waals surface area contributed by atoms with E-state index in [2.05, 4.69) is 11.6 Å². The Morgan fingerprint density at radius 3 is 2.80 bits per heavy atom. The minimum atomic E-state index is -0.829. The van der Waals surface area contributed by atoms with Crippen LogP contribution < -0.4 is 4.74 Å². The first-order valence-electron chi connectivity index (χ1n) is 14.4. The maximum Gasteiger partial charge on any atom is 0.246 e. The zero-order valence-corrected chi connectivity index (χ0v) is 25.3. The van der Waals surface area contributed by atoms with Gasteiger partial charge in [-0.2, -0.15) is 5.10 Å². The van der Waals surface area contributed by atoms with Crippen molar-refractivity contribution in [1.29, 1.82) is 0 Å². The molecule has 1 atom stereocenters. The van der Waals surface area contributed by atoms with Crippen LogP contribution in [0.5, 0.6) is 5.75 Å². The van der Waals surface area contributed by atoms with Gasteiger partial charge in [-0.25, -0.2) is 18.7 Å². The summed E-state index contributed by atoms with van der Waals surface area (Å²) in [5.74, 6) is -1.86. The van der Waals surface area contributed by atoms with Gasteiger partial charge in [-0.15, -0.1) is 11.3 Å². The number of rotatable bonds is 7. The molecule has 0 saturated carbocycles. The van der Waals surface area contributed by atoms with E-state index in [1.807, 2.05) is 58.9 Å². The Morgan fingerprint density at radius 2 is 2.00 bits per heavy atom. The van der Waals surface area contributed by atoms with Gasteiger partial charge < -0.3 is 19.3 Å². The minimum absolute atomic E-state index is 0.0240. The fourth-order valence-electron chi connectivity index (χ4n) is 6.03. The molecule has 228 valence electrons. The number of benzene rings is 2. The van der Waals surface area contributed by atoms with Crippen LogP contribution in [0.1, 0.15) is 18.7 Å². The maximum absolute atomic E-state index is 15.9. The fourth-order valence-corrected chi connectivity index (χ4v) is 6.98. The Balaban J connectivity index is 1.52. The number of hydrogen-bond acceptors (Lipinski definition) is 7. The maximum atomic E-state index is 15.9. The number of pyridine rings is 1. The Bertz CT molecular complexity index is 2130. The van der Waals surface area contributed by atoms with Gasteiger partial charge in [0.05, 0.1) is 53.5 Å². The molecule has 0 radical (unpaired) electrons. The predicted molar refractivity (Wildman–Crippen MR) is 169 cm³/mol. The summed E-state index contributed by atoms with van der Waals surface area (Å²) in [6.45, 7) is 5.97. The predicted octanol–water partition coefficient (Wildman–Crippen LogP) is 6.12. The second kappa shape index (κ2) is 11.2. The zero-order valence-electron chi connectivity index (χ0n) is 24.5. The van der Waals surface area contributed by atoms with Crippen molar-refractivity contribution in [3.05, 3.63) is 84.2 Å². The summed E-state index contributed by atoms with van der Waals surface area (Å²) >= 11 is 1.40. The van der Waals surface area contributed by atoms with Crippen molar-refractivity contribution in [2.45, 2.75) is 19.5 Å². The molecule has 2 aromatic carbocycles. The number of aryl methyl sites for hydroxylation is 1. The average molecular weight is 627 g/mol. The zero-order chi connectivity index (χ0) is 31.4. The Kier molecular flexibility index (Phi) is 7.17. The van der Waals surface area contributed by atoms with Crippen LogP contribution in [-0.4, -0.2) is 60.0 Å². The van der Waals surface area contributed by atoms with Crippen molar-refractivity contribution in [1.82, 2.24) is 29.2 Å². The van der Waals surface area contributed by atoms with Crippen molar-refractivity contribution in [3.63, 3.8) is 0 Å². The van der Waals surface area contributed by atoms with Gasteiger partial charge in [0.15, 0.2) is 0 Å². The monoisotopic (exact) mass is 626 g/mol. The molecule has 0 saturated heterocycles. The van der Waals surface area contributed by atoms with E-state index in [4.69, 9.17) is 14.8 Å². The highest BCUT2D eigenvalue weighted by Gasteiger charge is 2.31. The summed E-state index contributed by atoms with van der Waals surface area (Å²) in [4.78, 5) is 23.9. The van der Waals surface area contributed by atoms with Crippen molar-refractivity contribution >= 4 is 38.4 Å². The number of thiophene rings is 1. The van der Waals surface area contributed by atoms with E-state index in [1.165, 1.54) is 17.4 Å². The topological polar surface area (TPSA) is 98.3 Å². The number of fused-ring (bicyclic) bond motifs is 3. The Morgan fingerprint density at radius 1 is 1.16 bits per heavy atom. The minimum Gasteiger partial charge on any atom is -0.490 e. The number of imidazole rings is 1. The molecule has 12 heteroatoms. The van der Waals surface area contributed by atoms with Gasteiger partial charge in [0, 0.05) is 46.9 Å². The van der Waals surface area contributed by atoms with Crippen LogP contribution in [0, 0.1) is 11.6 Å². The molecule has 0 bridgehead atoms. The van der Waals surface area contributed by atoms with Crippen LogP contribution >= 0.6 is 11.3 Å². The van der Waals surface area contributed by atoms with Crippen LogP contribution in [0.25, 0.3) is 54.9 Å². The van der Waals surface area contributed by atoms with Gasteiger partial charge in [-0.1, -0.05) is 12.6 Å². The molecule has 1 N–H and O–H groups in total. The number of aliphatic hydroxyl groups excluding tert-OH is 1. The lowest BCUT2D eigenvalue weighted by Crippen LogP contribution is -2.40. The Hall–Kier alpha value is -4.94. The second-order valence-electron chi connectivity index (χ2n) is 10.8. The van der Waals surface area contributed by atoms with Gasteiger partial charge in [-0.05, 0) is 42.6 Å². The standard InChI is InChI=1S/C33H28F2N6O3S/c1-4-28(43)40-8-9-41-25(18(40)2)16-24(38-41)32-30(29-22(35)14-20(34)15-27(29)44-11-10-42)33-21(7-12-45-33)31(37-32)19-5-6-23-26(13-19)39(3)17-36-23/h4-7,12-18,42H,1,8-11H2,2-3H3/t18-/m0/s1. The van der Waals surface area contributed by atoms with E-state index in [0.29, 0.717) is 40.4 Å². The van der Waals surface area contributed by atoms with Crippen LogP contribution in [0.15, 0.2) is 66.8 Å². The first-order valence-corrected chi connectivity index (χ1v) is 15.2. The molecular weight excluding hydrogens is 598 g/mol. The van der Waals surface area contributed by atoms with E-state index >= 15 is 4.39 Å². The van der Waals surface area contributed by atoms with E-state index < -0.39 is 11.6 Å². The van der Waals surface area contributed by atoms with Gasteiger partial charge in [0.25, 0.3) is 0 Å². The van der Waals surface area contributed by atoms with E-state index in [1.54, 1.807) is 11.2 Å². The van der Waals surface area contributed by atoms with E-state index in [0.717, 1.165) is 39.8 Å². The summed E-state index contributed by atoms with van der Waals surface area (Å²) in [5.41, 5.74) is 5.32. The smallest absolute Gasteiger partial charge is 0.246 e. The number of ether oxygens (including phenoxy) is 1. The molecule has 0 aliphatic carbocycles. The highest BCUT2D eigenvalue weighted by atomic mass is 32.1. The SMILES string of the molecule is C=CC(=O)N1CCn2nc(-c3nc(-c4ccc5ncn(C)c5c4)c4ccsc4c3-c3c(F)cc(F)cc3OCCO)cc2[C@@H]1C. The largest absolute Gasteiger partial charge is 0.490 e. The number of carbonyl (C=O) groups is 1. The number of amides is 1. The number of aromatic nitrogens is 5. The summed E-state index contributed by atoms with van der Waals surface area (Å²) in [7, 11) is 1.92. The quantitative estimate of drug-likeness (QED) is 0.215. The van der Waals surface area contributed by atoms with Gasteiger partial charge in [0.1, 0.15) is 35.4 Å². The van der Waals surface area contributed by atoms with Crippen LogP contribution in [0.2, 0.25) is 0 Å². The molecule has 9 nitrogen and oxygen atoms in total. The lowest BCUT2D eigenvalue weighted by atomic mass is 9.96. The van der Waals surface area contributed by atoms with E-state index in [-0.39, 0.29) is 36.5 Å². The van der Waals surface area contributed by atoms with Crippen LogP contribution in [-0.2, 0) is 18.4 Å². The molecule has 7 rings (SSSR count). The molecule has 6 aromatic rings. The molecule has 1 amide bonds. The van der Waals surface area contributed by atoms with Crippen LogP contribution in [0.4, 0.5) is 8.78 Å². The second-order valence-corrected chi connectivity index (χ2v) is 11.7. The van der Waals surface area contributed by atoms with Crippen LogP contribution in [0.3, 0.4) is 0 Å². The molecule has 1 aliphatic rings. The first kappa shape index (κ1) is 28.8. The lowest BCUT2D eigenvalue weighted by Gasteiger charge is -2.33. The van der Waals surface area contributed by atoms with Crippen molar-refractivity contribution in [2.75, 3.05) is 19.8 Å². The molecule has 1 aliphatic heterocycles. The summed E-state index contributed by atoms with van der Waals surface area (Å²) in [6, 6.07) is 11.3. The molecule has 0 unspecified atom stereocenters. The third-order valence-electron chi connectivity index (χ3n) is 8.18. The summed E-state index contributed by atoms with van der Waals surface area (Å²) in [5, 5.41) is 17.0. The molecule has 45 heavy (non-hydrogen) atoms. The number of nitrogens with zero attached hydrogens (tertiary/aromatic N) is 6. The average Bonchev–Trinajstić information content (AvgIpc) is 3.78. The highest BCUT2D eigenvalue weighted by Crippen LogP contribution is 2.47. The van der Waals surface area contributed by atoms with Gasteiger partial charge in [0.2, 0.25) is 5.91 Å². The number of carbonyl (C=O) groups excluding carboxylic acids is 1. The molecule has 0 spiro atoms. The highest BCUT2D eigenvalue weighted by molar-refractivity contribution is 7.18. The fraction of sp³-hybridized carbons (Fsp3) is 0.212. The normalized spacial score (nSPS) is 14.7. The molecule has 5 heterocycles. The molecule has 0 fully saturated rings. The molecular formula is C33H28F2N6O3S. The Labute approximate surface area is 260 Å². The third kappa shape index (κ3) is 4.77. The first-order chi connectivity index (χ1) is 21.8. The van der Waals surface area contributed by atoms with Crippen molar-refractivity contribution in [3.8, 4) is 39.5 Å². The number of halogens is 2.